The van der Waals surface area contributed by atoms with Crippen LogP contribution in [0.4, 0.5) is 5.13 Å². The molecule has 0 aliphatic heterocycles. The van der Waals surface area contributed by atoms with Crippen molar-refractivity contribution in [3.05, 3.63) is 11.6 Å². The summed E-state index contributed by atoms with van der Waals surface area (Å²) >= 11 is 2.81. The van der Waals surface area contributed by atoms with Gasteiger partial charge in [-0.15, -0.1) is 23.1 Å². The van der Waals surface area contributed by atoms with Gasteiger partial charge >= 0.3 is 0 Å². The molecule has 1 unspecified atom stereocenters. The minimum absolute atomic E-state index is 0.0785. The van der Waals surface area contributed by atoms with Crippen molar-refractivity contribution in [2.75, 3.05) is 17.7 Å². The van der Waals surface area contributed by atoms with Gasteiger partial charge in [0.2, 0.25) is 5.91 Å². The predicted molar refractivity (Wildman–Crippen MR) is 59.7 cm³/mol. The van der Waals surface area contributed by atoms with Crippen LogP contribution in [-0.2, 0) is 4.79 Å². The number of nitrogens with zero attached hydrogens (tertiary/aromatic N) is 1. The molecule has 0 fully saturated rings. The number of carbonyl (C=O) groups is 1. The van der Waals surface area contributed by atoms with Crippen molar-refractivity contribution in [2.45, 2.75) is 12.2 Å². The number of aromatic nitrogens is 1. The predicted octanol–water partition coefficient (Wildman–Crippen LogP) is 1.20. The highest BCUT2D eigenvalue weighted by molar-refractivity contribution is 8.00. The van der Waals surface area contributed by atoms with E-state index in [4.69, 9.17) is 5.11 Å². The Balaban J connectivity index is 2.23. The maximum absolute atomic E-state index is 11.3. The second kappa shape index (κ2) is 6.00. The van der Waals surface area contributed by atoms with Gasteiger partial charge in [-0.1, -0.05) is 6.92 Å². The quantitative estimate of drug-likeness (QED) is 0.800. The van der Waals surface area contributed by atoms with Gasteiger partial charge in [-0.2, -0.15) is 0 Å². The standard InChI is InChI=1S/C8H12N2O2S2/c1-6(4-11)14-5-7(12)10-8-9-2-3-13-8/h2-3,6,11H,4-5H2,1H3,(H,9,10,12). The first-order chi connectivity index (χ1) is 6.72. The Morgan fingerprint density at radius 2 is 2.64 bits per heavy atom. The van der Waals surface area contributed by atoms with Crippen molar-refractivity contribution in [2.24, 2.45) is 0 Å². The molecule has 0 radical (unpaired) electrons. The van der Waals surface area contributed by atoms with Crippen LogP contribution in [0.25, 0.3) is 0 Å². The molecule has 0 aromatic carbocycles. The van der Waals surface area contributed by atoms with E-state index in [0.29, 0.717) is 10.9 Å². The van der Waals surface area contributed by atoms with Crippen LogP contribution in [0.2, 0.25) is 0 Å². The van der Waals surface area contributed by atoms with Crippen molar-refractivity contribution >= 4 is 34.1 Å². The Morgan fingerprint density at radius 3 is 3.21 bits per heavy atom. The molecule has 1 amide bonds. The van der Waals surface area contributed by atoms with Crippen molar-refractivity contribution in [1.29, 1.82) is 0 Å². The highest BCUT2D eigenvalue weighted by Crippen LogP contribution is 2.13. The van der Waals surface area contributed by atoms with Crippen LogP contribution in [0.5, 0.6) is 0 Å². The van der Waals surface area contributed by atoms with Gasteiger partial charge in [0, 0.05) is 16.8 Å². The summed E-state index contributed by atoms with van der Waals surface area (Å²) < 4.78 is 0. The van der Waals surface area contributed by atoms with Crippen LogP contribution in [0.15, 0.2) is 11.6 Å². The third-order valence-corrected chi connectivity index (χ3v) is 3.27. The Kier molecular flexibility index (Phi) is 4.92. The zero-order valence-corrected chi connectivity index (χ0v) is 9.40. The van der Waals surface area contributed by atoms with Gasteiger partial charge in [-0.05, 0) is 0 Å². The Bertz CT molecular complexity index is 277. The lowest BCUT2D eigenvalue weighted by molar-refractivity contribution is -0.113. The Hall–Kier alpha value is -0.590. The summed E-state index contributed by atoms with van der Waals surface area (Å²) in [5.41, 5.74) is 0. The minimum Gasteiger partial charge on any atom is -0.395 e. The van der Waals surface area contributed by atoms with E-state index >= 15 is 0 Å². The van der Waals surface area contributed by atoms with Crippen LogP contribution in [0.1, 0.15) is 6.92 Å². The Morgan fingerprint density at radius 1 is 1.86 bits per heavy atom. The summed E-state index contributed by atoms with van der Waals surface area (Å²) in [4.78, 5) is 15.2. The number of aliphatic hydroxyl groups excluding tert-OH is 1. The summed E-state index contributed by atoms with van der Waals surface area (Å²) in [5, 5.41) is 13.9. The zero-order chi connectivity index (χ0) is 10.4. The number of rotatable bonds is 5. The molecule has 0 saturated carbocycles. The van der Waals surface area contributed by atoms with E-state index < -0.39 is 0 Å². The van der Waals surface area contributed by atoms with E-state index in [-0.39, 0.29) is 17.8 Å². The fraction of sp³-hybridized carbons (Fsp3) is 0.500. The molecule has 1 heterocycles. The first-order valence-electron chi connectivity index (χ1n) is 4.14. The van der Waals surface area contributed by atoms with Crippen molar-refractivity contribution in [3.8, 4) is 0 Å². The molecule has 0 spiro atoms. The monoisotopic (exact) mass is 232 g/mol. The molecular formula is C8H12N2O2S2. The molecule has 2 N–H and O–H groups in total. The highest BCUT2D eigenvalue weighted by atomic mass is 32.2. The number of aliphatic hydroxyl groups is 1. The molecule has 0 bridgehead atoms. The van der Waals surface area contributed by atoms with Crippen LogP contribution in [0, 0.1) is 0 Å². The lowest BCUT2D eigenvalue weighted by atomic mass is 10.5. The number of nitrogens with one attached hydrogen (secondary N) is 1. The van der Waals surface area contributed by atoms with E-state index in [9.17, 15) is 4.79 Å². The smallest absolute Gasteiger partial charge is 0.236 e. The summed E-state index contributed by atoms with van der Waals surface area (Å²) in [6.07, 6.45) is 1.64. The number of thiazole rings is 1. The van der Waals surface area contributed by atoms with Crippen molar-refractivity contribution in [1.82, 2.24) is 4.98 Å². The third-order valence-electron chi connectivity index (χ3n) is 1.43. The number of amides is 1. The topological polar surface area (TPSA) is 62.2 Å². The molecule has 0 aliphatic rings. The number of anilines is 1. The van der Waals surface area contributed by atoms with E-state index in [0.717, 1.165) is 0 Å². The van der Waals surface area contributed by atoms with Gasteiger partial charge in [-0.3, -0.25) is 4.79 Å². The summed E-state index contributed by atoms with van der Waals surface area (Å²) in [6.45, 7) is 1.97. The minimum atomic E-state index is -0.0785. The van der Waals surface area contributed by atoms with Crippen molar-refractivity contribution < 1.29 is 9.90 Å². The van der Waals surface area contributed by atoms with E-state index in [1.807, 2.05) is 6.92 Å². The Labute approximate surface area is 90.7 Å². The molecular weight excluding hydrogens is 220 g/mol. The van der Waals surface area contributed by atoms with Gasteiger partial charge in [0.15, 0.2) is 5.13 Å². The normalized spacial score (nSPS) is 12.4. The number of carbonyl (C=O) groups excluding carboxylic acids is 1. The van der Waals surface area contributed by atoms with Gasteiger partial charge in [0.25, 0.3) is 0 Å². The second-order valence-electron chi connectivity index (χ2n) is 2.69. The van der Waals surface area contributed by atoms with Crippen molar-refractivity contribution in [3.63, 3.8) is 0 Å². The largest absolute Gasteiger partial charge is 0.395 e. The molecule has 78 valence electrons. The van der Waals surface area contributed by atoms with Crippen LogP contribution >= 0.6 is 23.1 Å². The highest BCUT2D eigenvalue weighted by Gasteiger charge is 2.07. The van der Waals surface area contributed by atoms with Crippen LogP contribution in [0.3, 0.4) is 0 Å². The summed E-state index contributed by atoms with van der Waals surface area (Å²) in [5.74, 6) is 0.270. The summed E-state index contributed by atoms with van der Waals surface area (Å²) in [7, 11) is 0. The second-order valence-corrected chi connectivity index (χ2v) is 5.01. The first-order valence-corrected chi connectivity index (χ1v) is 6.07. The van der Waals surface area contributed by atoms with E-state index in [1.54, 1.807) is 11.6 Å². The summed E-state index contributed by atoms with van der Waals surface area (Å²) in [6, 6.07) is 0. The van der Waals surface area contributed by atoms with E-state index in [1.165, 1.54) is 23.1 Å². The average molecular weight is 232 g/mol. The molecule has 14 heavy (non-hydrogen) atoms. The maximum Gasteiger partial charge on any atom is 0.236 e. The van der Waals surface area contributed by atoms with Gasteiger partial charge in [0.1, 0.15) is 0 Å². The lowest BCUT2D eigenvalue weighted by Gasteiger charge is -2.06. The molecule has 1 aromatic heterocycles. The SMILES string of the molecule is CC(CO)SCC(=O)Nc1nccs1. The van der Waals surface area contributed by atoms with Gasteiger partial charge in [-0.25, -0.2) is 4.98 Å². The fourth-order valence-electron chi connectivity index (χ4n) is 0.711. The van der Waals surface area contributed by atoms with Crippen LogP contribution in [-0.4, -0.2) is 33.6 Å². The molecule has 4 nitrogen and oxygen atoms in total. The number of hydrogen-bond donors (Lipinski definition) is 2. The molecule has 1 aromatic rings. The average Bonchev–Trinajstić information content (AvgIpc) is 2.66. The van der Waals surface area contributed by atoms with E-state index in [2.05, 4.69) is 10.3 Å². The molecule has 1 atom stereocenters. The molecule has 1 rings (SSSR count). The van der Waals surface area contributed by atoms with Gasteiger partial charge < -0.3 is 10.4 Å². The molecule has 6 heteroatoms. The lowest BCUT2D eigenvalue weighted by Crippen LogP contribution is -2.16. The van der Waals surface area contributed by atoms with Crippen LogP contribution < -0.4 is 5.32 Å². The first kappa shape index (κ1) is 11.5. The number of thioether (sulfide) groups is 1. The maximum atomic E-state index is 11.3. The third kappa shape index (κ3) is 4.08. The van der Waals surface area contributed by atoms with Gasteiger partial charge in [0.05, 0.1) is 12.4 Å². The number of hydrogen-bond acceptors (Lipinski definition) is 5. The zero-order valence-electron chi connectivity index (χ0n) is 7.77. The molecule has 0 saturated heterocycles. The fourth-order valence-corrected chi connectivity index (χ4v) is 1.87. The molecule has 0 aliphatic carbocycles.